The maximum Gasteiger partial charge on any atom is 0.160 e. The van der Waals surface area contributed by atoms with E-state index in [2.05, 4.69) is 0 Å². The standard InChI is InChI=1S/C13H19NO2S/c1-14(2)13(17)8-6-10-5-7-11(15-3)12(9-10)16-4/h5,7,9H,6,8H2,1-4H3. The number of ether oxygens (including phenoxy) is 2. The van der Waals surface area contributed by atoms with Gasteiger partial charge in [0.2, 0.25) is 0 Å². The quantitative estimate of drug-likeness (QED) is 0.752. The molecule has 0 atom stereocenters. The molecular formula is C13H19NO2S. The molecule has 0 unspecified atom stereocenters. The second-order valence-electron chi connectivity index (χ2n) is 3.98. The van der Waals surface area contributed by atoms with Crippen LogP contribution in [-0.4, -0.2) is 38.2 Å². The molecule has 4 heteroatoms. The largest absolute Gasteiger partial charge is 0.493 e. The summed E-state index contributed by atoms with van der Waals surface area (Å²) in [7, 11) is 7.22. The fourth-order valence-electron chi connectivity index (χ4n) is 1.51. The van der Waals surface area contributed by atoms with Crippen molar-refractivity contribution in [3.8, 4) is 11.5 Å². The van der Waals surface area contributed by atoms with E-state index in [9.17, 15) is 0 Å². The van der Waals surface area contributed by atoms with E-state index in [4.69, 9.17) is 21.7 Å². The van der Waals surface area contributed by atoms with Crippen LogP contribution in [0, 0.1) is 0 Å². The fourth-order valence-corrected chi connectivity index (χ4v) is 1.61. The van der Waals surface area contributed by atoms with Crippen LogP contribution in [0.3, 0.4) is 0 Å². The average Bonchev–Trinajstić information content (AvgIpc) is 2.35. The number of aryl methyl sites for hydroxylation is 1. The first-order chi connectivity index (χ1) is 8.08. The highest BCUT2D eigenvalue weighted by Crippen LogP contribution is 2.27. The smallest absolute Gasteiger partial charge is 0.160 e. The Morgan fingerprint density at radius 1 is 1.18 bits per heavy atom. The van der Waals surface area contributed by atoms with Gasteiger partial charge in [-0.15, -0.1) is 0 Å². The van der Waals surface area contributed by atoms with E-state index in [1.165, 1.54) is 5.56 Å². The van der Waals surface area contributed by atoms with Crippen molar-refractivity contribution in [2.24, 2.45) is 0 Å². The molecule has 0 radical (unpaired) electrons. The molecule has 3 nitrogen and oxygen atoms in total. The van der Waals surface area contributed by atoms with E-state index in [1.807, 2.05) is 37.2 Å². The highest BCUT2D eigenvalue weighted by molar-refractivity contribution is 7.80. The molecule has 1 aromatic rings. The third-order valence-corrected chi connectivity index (χ3v) is 3.14. The average molecular weight is 253 g/mol. The molecule has 1 aromatic carbocycles. The van der Waals surface area contributed by atoms with Crippen LogP contribution >= 0.6 is 12.2 Å². The van der Waals surface area contributed by atoms with Gasteiger partial charge in [0.05, 0.1) is 19.2 Å². The summed E-state index contributed by atoms with van der Waals surface area (Å²) in [5.41, 5.74) is 1.20. The Kier molecular flexibility index (Phi) is 5.22. The summed E-state index contributed by atoms with van der Waals surface area (Å²) in [5.74, 6) is 1.52. The summed E-state index contributed by atoms with van der Waals surface area (Å²) in [6.45, 7) is 0. The number of rotatable bonds is 5. The summed E-state index contributed by atoms with van der Waals surface area (Å²) < 4.78 is 10.5. The van der Waals surface area contributed by atoms with Crippen molar-refractivity contribution in [2.45, 2.75) is 12.8 Å². The van der Waals surface area contributed by atoms with Gasteiger partial charge in [-0.25, -0.2) is 0 Å². The molecule has 0 fully saturated rings. The lowest BCUT2D eigenvalue weighted by Gasteiger charge is -2.14. The maximum atomic E-state index is 5.26. The summed E-state index contributed by atoms with van der Waals surface area (Å²) >= 11 is 5.26. The molecule has 0 aliphatic rings. The molecule has 94 valence electrons. The Bertz CT molecular complexity index is 391. The van der Waals surface area contributed by atoms with Gasteiger partial charge < -0.3 is 14.4 Å². The minimum Gasteiger partial charge on any atom is -0.493 e. The number of hydrogen-bond acceptors (Lipinski definition) is 3. The normalized spacial score (nSPS) is 9.88. The first kappa shape index (κ1) is 13.8. The molecule has 1 rings (SSSR count). The van der Waals surface area contributed by atoms with E-state index in [0.717, 1.165) is 29.3 Å². The molecule has 0 spiro atoms. The zero-order valence-electron chi connectivity index (χ0n) is 10.8. The molecular weight excluding hydrogens is 234 g/mol. The highest BCUT2D eigenvalue weighted by atomic mass is 32.1. The summed E-state index contributed by atoms with van der Waals surface area (Å²) in [4.78, 5) is 2.93. The van der Waals surface area contributed by atoms with Crippen molar-refractivity contribution >= 4 is 17.2 Å². The number of benzene rings is 1. The zero-order chi connectivity index (χ0) is 12.8. The van der Waals surface area contributed by atoms with E-state index >= 15 is 0 Å². The minimum atomic E-state index is 0.756. The molecule has 0 aliphatic carbocycles. The van der Waals surface area contributed by atoms with Crippen LogP contribution in [0.25, 0.3) is 0 Å². The highest BCUT2D eigenvalue weighted by Gasteiger charge is 2.06. The van der Waals surface area contributed by atoms with Crippen molar-refractivity contribution in [3.63, 3.8) is 0 Å². The van der Waals surface area contributed by atoms with Gasteiger partial charge in [-0.3, -0.25) is 0 Å². The van der Waals surface area contributed by atoms with Gasteiger partial charge >= 0.3 is 0 Å². The van der Waals surface area contributed by atoms with Gasteiger partial charge in [0.1, 0.15) is 0 Å². The number of nitrogens with zero attached hydrogens (tertiary/aromatic N) is 1. The van der Waals surface area contributed by atoms with Crippen LogP contribution in [0.5, 0.6) is 11.5 Å². The topological polar surface area (TPSA) is 21.7 Å². The summed E-state index contributed by atoms with van der Waals surface area (Å²) in [5, 5.41) is 0. The van der Waals surface area contributed by atoms with Gasteiger partial charge in [-0.2, -0.15) is 0 Å². The van der Waals surface area contributed by atoms with E-state index in [0.29, 0.717) is 0 Å². The van der Waals surface area contributed by atoms with Gasteiger partial charge in [0.25, 0.3) is 0 Å². The van der Waals surface area contributed by atoms with Crippen LogP contribution in [0.4, 0.5) is 0 Å². The second-order valence-corrected chi connectivity index (χ2v) is 4.45. The Balaban J connectivity index is 2.69. The number of thiocarbonyl (C=S) groups is 1. The lowest BCUT2D eigenvalue weighted by molar-refractivity contribution is 0.354. The molecule has 0 saturated heterocycles. The van der Waals surface area contributed by atoms with Crippen LogP contribution in [0.1, 0.15) is 12.0 Å². The van der Waals surface area contributed by atoms with Gasteiger partial charge in [-0.05, 0) is 24.1 Å². The monoisotopic (exact) mass is 253 g/mol. The minimum absolute atomic E-state index is 0.756. The third kappa shape index (κ3) is 3.89. The third-order valence-electron chi connectivity index (χ3n) is 2.57. The Hall–Kier alpha value is -1.29. The fraction of sp³-hybridized carbons (Fsp3) is 0.462. The molecule has 0 saturated carbocycles. The van der Waals surface area contributed by atoms with Crippen molar-refractivity contribution in [1.82, 2.24) is 4.90 Å². The first-order valence-corrected chi connectivity index (χ1v) is 5.90. The maximum absolute atomic E-state index is 5.26. The van der Waals surface area contributed by atoms with Gasteiger partial charge in [-0.1, -0.05) is 18.3 Å². The van der Waals surface area contributed by atoms with Crippen LogP contribution in [-0.2, 0) is 6.42 Å². The van der Waals surface area contributed by atoms with Gasteiger partial charge in [0, 0.05) is 20.5 Å². The van der Waals surface area contributed by atoms with Crippen LogP contribution in [0.15, 0.2) is 18.2 Å². The lowest BCUT2D eigenvalue weighted by atomic mass is 10.1. The van der Waals surface area contributed by atoms with Crippen LogP contribution < -0.4 is 9.47 Å². The van der Waals surface area contributed by atoms with Crippen molar-refractivity contribution < 1.29 is 9.47 Å². The molecule has 0 bridgehead atoms. The van der Waals surface area contributed by atoms with E-state index in [-0.39, 0.29) is 0 Å². The van der Waals surface area contributed by atoms with Crippen LogP contribution in [0.2, 0.25) is 0 Å². The summed E-state index contributed by atoms with van der Waals surface area (Å²) in [6.07, 6.45) is 1.79. The predicted molar refractivity (Wildman–Crippen MR) is 74.2 cm³/mol. The van der Waals surface area contributed by atoms with Crippen molar-refractivity contribution in [3.05, 3.63) is 23.8 Å². The lowest BCUT2D eigenvalue weighted by Crippen LogP contribution is -2.19. The van der Waals surface area contributed by atoms with Crippen molar-refractivity contribution in [2.75, 3.05) is 28.3 Å². The molecule has 0 N–H and O–H groups in total. The Labute approximate surface area is 108 Å². The van der Waals surface area contributed by atoms with E-state index in [1.54, 1.807) is 14.2 Å². The SMILES string of the molecule is COc1ccc(CCC(=S)N(C)C)cc1OC. The molecule has 17 heavy (non-hydrogen) atoms. The number of hydrogen-bond donors (Lipinski definition) is 0. The molecule has 0 aromatic heterocycles. The number of methoxy groups -OCH3 is 2. The zero-order valence-corrected chi connectivity index (χ0v) is 11.6. The molecule has 0 heterocycles. The van der Waals surface area contributed by atoms with Gasteiger partial charge in [0.15, 0.2) is 11.5 Å². The second kappa shape index (κ2) is 6.45. The first-order valence-electron chi connectivity index (χ1n) is 5.49. The molecule has 0 aliphatic heterocycles. The van der Waals surface area contributed by atoms with E-state index < -0.39 is 0 Å². The summed E-state index contributed by atoms with van der Waals surface area (Å²) in [6, 6.07) is 5.96. The molecule has 0 amide bonds. The predicted octanol–water partition coefficient (Wildman–Crippen LogP) is 2.53. The Morgan fingerprint density at radius 3 is 2.35 bits per heavy atom. The Morgan fingerprint density at radius 2 is 1.82 bits per heavy atom. The van der Waals surface area contributed by atoms with Crippen molar-refractivity contribution in [1.29, 1.82) is 0 Å².